The van der Waals surface area contributed by atoms with Crippen molar-refractivity contribution in [2.45, 2.75) is 46.0 Å². The SMILES string of the molecule is CC(C)Cc1cccc(-c2cc[c-]c(-c3ccccn3)c2)c1.CC(C)Cc1cccc(-c2cc[c-]c(-c3ccccn3)c2)c1.O=S(=O)(Oc1ccc(-c2cc[c-]c(-c3ccccn3)c2)cc1)C(F)(F)F.[Ir].[Ir].[c-]1ccc(-c2ccccc2)cc1-c1ccccn1. The summed E-state index contributed by atoms with van der Waals surface area (Å²) in [7, 11) is -5.68. The maximum atomic E-state index is 12.3. The largest absolute Gasteiger partial charge is 0.534 e. The Bertz CT molecular complexity index is 4060. The Morgan fingerprint density at radius 3 is 0.978 bits per heavy atom. The summed E-state index contributed by atoms with van der Waals surface area (Å²) in [6.45, 7) is 9.01. The van der Waals surface area contributed by atoms with Gasteiger partial charge in [0.2, 0.25) is 0 Å². The summed E-state index contributed by atoms with van der Waals surface area (Å²) in [5.41, 5.74) is 13.5. The Morgan fingerprint density at radius 1 is 0.367 bits per heavy atom. The van der Waals surface area contributed by atoms with Crippen molar-refractivity contribution in [1.82, 2.24) is 19.9 Å². The molecule has 0 aliphatic carbocycles. The molecule has 0 aliphatic rings. The summed E-state index contributed by atoms with van der Waals surface area (Å²) in [5.74, 6) is 0.922. The van der Waals surface area contributed by atoms with Crippen molar-refractivity contribution < 1.29 is 66.0 Å². The van der Waals surface area contributed by atoms with Gasteiger partial charge in [-0.15, -0.1) is 142 Å². The summed E-state index contributed by atoms with van der Waals surface area (Å²) in [4.78, 5) is 17.4. The Hall–Kier alpha value is -8.80. The fourth-order valence-electron chi connectivity index (χ4n) is 9.47. The van der Waals surface area contributed by atoms with Gasteiger partial charge < -0.3 is 24.1 Å². The zero-order valence-corrected chi connectivity index (χ0v) is 55.4. The molecule has 458 valence electrons. The predicted molar refractivity (Wildman–Crippen MR) is 348 cm³/mol. The van der Waals surface area contributed by atoms with Crippen LogP contribution in [0.25, 0.3) is 89.5 Å². The van der Waals surface area contributed by atoms with E-state index in [4.69, 9.17) is 0 Å². The second-order valence-corrected chi connectivity index (χ2v) is 22.8. The molecule has 0 saturated heterocycles. The van der Waals surface area contributed by atoms with Crippen LogP contribution in [-0.4, -0.2) is 33.9 Å². The first-order chi connectivity index (χ1) is 42.6. The molecular formula is C77H63F3Ir2N4O3S-4. The van der Waals surface area contributed by atoms with Crippen molar-refractivity contribution >= 4 is 10.1 Å². The van der Waals surface area contributed by atoms with Gasteiger partial charge in [-0.2, -0.15) is 21.6 Å². The second kappa shape index (κ2) is 33.7. The molecule has 4 heterocycles. The van der Waals surface area contributed by atoms with E-state index in [-0.39, 0.29) is 40.2 Å². The first-order valence-corrected chi connectivity index (χ1v) is 30.1. The topological polar surface area (TPSA) is 94.9 Å². The molecule has 8 aromatic carbocycles. The molecule has 13 heteroatoms. The third kappa shape index (κ3) is 20.1. The van der Waals surface area contributed by atoms with E-state index >= 15 is 0 Å². The average molecular weight is 1570 g/mol. The van der Waals surface area contributed by atoms with Crippen LogP contribution in [0, 0.1) is 36.1 Å². The van der Waals surface area contributed by atoms with Crippen LogP contribution in [0.4, 0.5) is 13.2 Å². The summed E-state index contributed by atoms with van der Waals surface area (Å²) in [5, 5.41) is 0. The minimum atomic E-state index is -5.68. The monoisotopic (exact) mass is 1570 g/mol. The number of hydrogen-bond acceptors (Lipinski definition) is 7. The molecule has 12 rings (SSSR count). The Morgan fingerprint density at radius 2 is 0.667 bits per heavy atom. The minimum Gasteiger partial charge on any atom is -0.376 e. The van der Waals surface area contributed by atoms with Gasteiger partial charge in [-0.05, 0) is 117 Å². The zero-order chi connectivity index (χ0) is 61.7. The van der Waals surface area contributed by atoms with Gasteiger partial charge >= 0.3 is 15.6 Å². The maximum absolute atomic E-state index is 12.3. The van der Waals surface area contributed by atoms with E-state index in [0.717, 1.165) is 75.6 Å². The summed E-state index contributed by atoms with van der Waals surface area (Å²) in [6, 6.07) is 93.3. The summed E-state index contributed by atoms with van der Waals surface area (Å²) >= 11 is 0. The number of benzene rings is 8. The van der Waals surface area contributed by atoms with Gasteiger partial charge in [-0.25, -0.2) is 0 Å². The Kier molecular flexibility index (Phi) is 25.7. The molecule has 2 radical (unpaired) electrons. The second-order valence-electron chi connectivity index (χ2n) is 21.3. The number of aromatic nitrogens is 4. The number of alkyl halides is 3. The number of nitrogens with zero attached hydrogens (tertiary/aromatic N) is 4. The predicted octanol–water partition coefficient (Wildman–Crippen LogP) is 19.5. The van der Waals surface area contributed by atoms with Gasteiger partial charge in [0.25, 0.3) is 0 Å². The van der Waals surface area contributed by atoms with Crippen LogP contribution < -0.4 is 4.18 Å². The van der Waals surface area contributed by atoms with Gasteiger partial charge in [0.05, 0.1) is 0 Å². The van der Waals surface area contributed by atoms with Crippen molar-refractivity contribution in [2.75, 3.05) is 0 Å². The number of pyridine rings is 4. The minimum absolute atomic E-state index is 0. The van der Waals surface area contributed by atoms with E-state index in [1.54, 1.807) is 30.6 Å². The van der Waals surface area contributed by atoms with Crippen LogP contribution >= 0.6 is 0 Å². The first kappa shape index (κ1) is 68.7. The molecule has 0 saturated carbocycles. The van der Waals surface area contributed by atoms with Gasteiger partial charge in [0.1, 0.15) is 5.75 Å². The van der Waals surface area contributed by atoms with Gasteiger partial charge in [-0.3, -0.25) is 0 Å². The van der Waals surface area contributed by atoms with Crippen molar-refractivity contribution in [2.24, 2.45) is 11.8 Å². The maximum Gasteiger partial charge on any atom is 0.534 e. The van der Waals surface area contributed by atoms with E-state index in [9.17, 15) is 21.6 Å². The van der Waals surface area contributed by atoms with E-state index < -0.39 is 21.4 Å². The number of rotatable bonds is 14. The van der Waals surface area contributed by atoms with E-state index in [0.29, 0.717) is 17.4 Å². The molecule has 0 N–H and O–H groups in total. The molecule has 0 fully saturated rings. The number of hydrogen-bond donors (Lipinski definition) is 0. The molecule has 0 spiro atoms. The van der Waals surface area contributed by atoms with Gasteiger partial charge in [0, 0.05) is 65.0 Å². The fourth-order valence-corrected chi connectivity index (χ4v) is 9.93. The first-order valence-electron chi connectivity index (χ1n) is 28.7. The normalized spacial score (nSPS) is 10.8. The molecule has 0 bridgehead atoms. The Labute approximate surface area is 554 Å². The molecule has 90 heavy (non-hydrogen) atoms. The third-order valence-corrected chi connectivity index (χ3v) is 14.5. The van der Waals surface area contributed by atoms with Gasteiger partial charge in [-0.1, -0.05) is 167 Å². The fraction of sp³-hybridized carbons (Fsp3) is 0.117. The quantitative estimate of drug-likeness (QED) is 0.0608. The summed E-state index contributed by atoms with van der Waals surface area (Å²) in [6.07, 6.45) is 9.32. The molecule has 0 amide bonds. The third-order valence-electron chi connectivity index (χ3n) is 13.6. The van der Waals surface area contributed by atoms with Crippen molar-refractivity contribution in [3.8, 4) is 95.3 Å². The van der Waals surface area contributed by atoms with Crippen LogP contribution in [0.3, 0.4) is 0 Å². The Balaban J connectivity index is 0.000000171. The number of halogens is 3. The van der Waals surface area contributed by atoms with Crippen molar-refractivity contribution in [3.05, 3.63) is 309 Å². The van der Waals surface area contributed by atoms with Crippen LogP contribution in [0.2, 0.25) is 0 Å². The van der Waals surface area contributed by atoms with Crippen LogP contribution in [0.5, 0.6) is 5.75 Å². The van der Waals surface area contributed by atoms with E-state index in [2.05, 4.69) is 173 Å². The van der Waals surface area contributed by atoms with Crippen LogP contribution in [0.1, 0.15) is 38.8 Å². The smallest absolute Gasteiger partial charge is 0.376 e. The van der Waals surface area contributed by atoms with E-state index in [1.165, 1.54) is 56.6 Å². The molecule has 7 nitrogen and oxygen atoms in total. The molecule has 12 aromatic rings. The van der Waals surface area contributed by atoms with Gasteiger partial charge in [0.15, 0.2) is 0 Å². The molecule has 0 atom stereocenters. The summed E-state index contributed by atoms with van der Waals surface area (Å²) < 4.78 is 63.2. The molecule has 0 unspecified atom stereocenters. The van der Waals surface area contributed by atoms with Crippen molar-refractivity contribution in [1.29, 1.82) is 0 Å². The van der Waals surface area contributed by atoms with Crippen molar-refractivity contribution in [3.63, 3.8) is 0 Å². The van der Waals surface area contributed by atoms with E-state index in [1.807, 2.05) is 122 Å². The zero-order valence-electron chi connectivity index (χ0n) is 49.8. The average Bonchev–Trinajstić information content (AvgIpc) is 2.23. The molecule has 0 aliphatic heterocycles. The van der Waals surface area contributed by atoms with Crippen LogP contribution in [-0.2, 0) is 63.2 Å². The molecular weight excluding hydrogens is 1500 g/mol. The standard InChI is InChI=1S/2C21H20N.C18H11F3NO3S.C17H12N.2Ir/c2*1-16(2)13-17-7-5-8-18(14-17)19-9-6-10-20(15-19)21-11-3-4-12-22-21;19-18(20,21)26(23,24)25-16-9-7-13(8-10-16)14-4-3-5-15(12-14)17-6-1-2-11-22-17;1-2-7-14(8-3-1)15-9-6-10-16(13-15)17-11-4-5-12-18-17;;/h2*3-9,11-12,14-16H,13H2,1-2H3;1-4,6-12H;1-9,11-13H;;/q4*-1;;. The van der Waals surface area contributed by atoms with Crippen LogP contribution in [0.15, 0.2) is 274 Å². The molecule has 4 aromatic heterocycles.